The van der Waals surface area contributed by atoms with Crippen molar-refractivity contribution in [1.82, 2.24) is 10.6 Å². The Balaban J connectivity index is 2.06. The van der Waals surface area contributed by atoms with Crippen LogP contribution in [-0.4, -0.2) is 12.6 Å². The van der Waals surface area contributed by atoms with Crippen LogP contribution in [0, 0.1) is 0 Å². The molecule has 1 aliphatic heterocycles. The number of fused-ring (bicyclic) bond motifs is 1. The lowest BCUT2D eigenvalue weighted by Gasteiger charge is -2.26. The van der Waals surface area contributed by atoms with Gasteiger partial charge in [0.2, 0.25) is 0 Å². The van der Waals surface area contributed by atoms with Crippen LogP contribution in [0.3, 0.4) is 0 Å². The lowest BCUT2D eigenvalue weighted by Crippen LogP contribution is -2.33. The third kappa shape index (κ3) is 4.32. The van der Waals surface area contributed by atoms with E-state index in [-0.39, 0.29) is 0 Å². The second-order valence-corrected chi connectivity index (χ2v) is 6.01. The molecule has 0 radical (unpaired) electrons. The van der Waals surface area contributed by atoms with E-state index in [9.17, 15) is 0 Å². The maximum atomic E-state index is 3.95. The highest BCUT2D eigenvalue weighted by molar-refractivity contribution is 5.31. The van der Waals surface area contributed by atoms with Crippen molar-refractivity contribution in [1.29, 1.82) is 0 Å². The maximum absolute atomic E-state index is 3.95. The molecule has 2 rings (SSSR count). The lowest BCUT2D eigenvalue weighted by atomic mass is 9.96. The monoisotopic (exact) mass is 274 g/mol. The number of rotatable bonds is 7. The molecule has 1 aliphatic rings. The zero-order valence-corrected chi connectivity index (χ0v) is 13.1. The normalized spacial score (nSPS) is 20.2. The van der Waals surface area contributed by atoms with Crippen molar-refractivity contribution in [2.24, 2.45) is 0 Å². The average molecular weight is 274 g/mol. The van der Waals surface area contributed by atoms with Crippen LogP contribution in [0.2, 0.25) is 0 Å². The number of hydrogen-bond acceptors (Lipinski definition) is 2. The molecule has 112 valence electrons. The Labute approximate surface area is 124 Å². The van der Waals surface area contributed by atoms with Crippen molar-refractivity contribution in [2.75, 3.05) is 6.54 Å². The second-order valence-electron chi connectivity index (χ2n) is 6.01. The highest BCUT2D eigenvalue weighted by Gasteiger charge is 2.20. The average Bonchev–Trinajstić information content (AvgIpc) is 2.68. The van der Waals surface area contributed by atoms with Gasteiger partial charge in [-0.2, -0.15) is 0 Å². The Hall–Kier alpha value is -0.860. The number of nitrogens with one attached hydrogen (secondary N) is 2. The third-order valence-corrected chi connectivity index (χ3v) is 4.34. The molecule has 2 unspecified atom stereocenters. The predicted octanol–water partition coefficient (Wildman–Crippen LogP) is 4.17. The zero-order chi connectivity index (χ0) is 14.2. The molecule has 0 aliphatic carbocycles. The zero-order valence-electron chi connectivity index (χ0n) is 13.1. The maximum Gasteiger partial charge on any atom is 0.0337 e. The van der Waals surface area contributed by atoms with Crippen molar-refractivity contribution in [2.45, 2.75) is 71.0 Å². The van der Waals surface area contributed by atoms with Gasteiger partial charge in [-0.15, -0.1) is 0 Å². The van der Waals surface area contributed by atoms with Gasteiger partial charge in [0.15, 0.2) is 0 Å². The third-order valence-electron chi connectivity index (χ3n) is 4.34. The molecule has 1 aromatic rings. The number of hydrogen-bond donors (Lipinski definition) is 2. The summed E-state index contributed by atoms with van der Waals surface area (Å²) in [5.41, 5.74) is 2.98. The Bertz CT molecular complexity index is 389. The van der Waals surface area contributed by atoms with Gasteiger partial charge in [0.1, 0.15) is 0 Å². The van der Waals surface area contributed by atoms with Gasteiger partial charge in [-0.3, -0.25) is 0 Å². The fourth-order valence-electron chi connectivity index (χ4n) is 3.23. The van der Waals surface area contributed by atoms with Crippen LogP contribution in [0.25, 0.3) is 0 Å². The summed E-state index contributed by atoms with van der Waals surface area (Å²) in [5, 5.41) is 7.49. The smallest absolute Gasteiger partial charge is 0.0337 e. The van der Waals surface area contributed by atoms with E-state index in [1.807, 2.05) is 0 Å². The van der Waals surface area contributed by atoms with Crippen molar-refractivity contribution >= 4 is 0 Å². The van der Waals surface area contributed by atoms with Crippen LogP contribution in [0.5, 0.6) is 0 Å². The molecule has 2 heteroatoms. The minimum atomic E-state index is 0.523. The standard InChI is InChI=1S/C18H30N2/c1-3-5-10-16(8-4-2)20-18-12-13-19-14-15-9-6-7-11-17(15)18/h6-7,9,11,16,18-20H,3-5,8,10,12-14H2,1-2H3. The molecule has 0 amide bonds. The highest BCUT2D eigenvalue weighted by atomic mass is 15.0. The molecule has 1 aromatic carbocycles. The van der Waals surface area contributed by atoms with Crippen LogP contribution in [-0.2, 0) is 6.54 Å². The molecule has 2 nitrogen and oxygen atoms in total. The molecular formula is C18H30N2. The van der Waals surface area contributed by atoms with Gasteiger partial charge in [0.25, 0.3) is 0 Å². The van der Waals surface area contributed by atoms with Crippen LogP contribution >= 0.6 is 0 Å². The molecule has 0 saturated carbocycles. The first-order valence-electron chi connectivity index (χ1n) is 8.39. The fraction of sp³-hybridized carbons (Fsp3) is 0.667. The summed E-state index contributed by atoms with van der Waals surface area (Å²) < 4.78 is 0. The first-order valence-corrected chi connectivity index (χ1v) is 8.39. The summed E-state index contributed by atoms with van der Waals surface area (Å²) in [6.07, 6.45) is 7.72. The van der Waals surface area contributed by atoms with Crippen molar-refractivity contribution < 1.29 is 0 Å². The molecule has 20 heavy (non-hydrogen) atoms. The van der Waals surface area contributed by atoms with E-state index >= 15 is 0 Å². The van der Waals surface area contributed by atoms with Gasteiger partial charge in [0.05, 0.1) is 0 Å². The molecular weight excluding hydrogens is 244 g/mol. The van der Waals surface area contributed by atoms with Gasteiger partial charge >= 0.3 is 0 Å². The van der Waals surface area contributed by atoms with Crippen molar-refractivity contribution in [3.05, 3.63) is 35.4 Å². The first-order chi connectivity index (χ1) is 9.85. The SMILES string of the molecule is CCCCC(CCC)NC1CCNCc2ccccc21. The molecule has 0 bridgehead atoms. The summed E-state index contributed by atoms with van der Waals surface area (Å²) in [5.74, 6) is 0. The van der Waals surface area contributed by atoms with E-state index in [4.69, 9.17) is 0 Å². The summed E-state index contributed by atoms with van der Waals surface area (Å²) in [7, 11) is 0. The molecule has 2 atom stereocenters. The summed E-state index contributed by atoms with van der Waals surface area (Å²) >= 11 is 0. The van der Waals surface area contributed by atoms with E-state index < -0.39 is 0 Å². The van der Waals surface area contributed by atoms with E-state index in [1.54, 1.807) is 0 Å². The lowest BCUT2D eigenvalue weighted by molar-refractivity contribution is 0.371. The largest absolute Gasteiger partial charge is 0.313 e. The van der Waals surface area contributed by atoms with Gasteiger partial charge in [-0.25, -0.2) is 0 Å². The van der Waals surface area contributed by atoms with Crippen LogP contribution in [0.1, 0.15) is 69.5 Å². The van der Waals surface area contributed by atoms with Crippen LogP contribution in [0.15, 0.2) is 24.3 Å². The predicted molar refractivity (Wildman–Crippen MR) is 86.9 cm³/mol. The van der Waals surface area contributed by atoms with Crippen LogP contribution < -0.4 is 10.6 Å². The topological polar surface area (TPSA) is 24.1 Å². The van der Waals surface area contributed by atoms with Crippen LogP contribution in [0.4, 0.5) is 0 Å². The van der Waals surface area contributed by atoms with E-state index in [2.05, 4.69) is 48.7 Å². The highest BCUT2D eigenvalue weighted by Crippen LogP contribution is 2.25. The molecule has 0 aromatic heterocycles. The quantitative estimate of drug-likeness (QED) is 0.780. The summed E-state index contributed by atoms with van der Waals surface area (Å²) in [6.45, 7) is 6.71. The Kier molecular flexibility index (Phi) is 6.55. The van der Waals surface area contributed by atoms with Gasteiger partial charge < -0.3 is 10.6 Å². The minimum absolute atomic E-state index is 0.523. The van der Waals surface area contributed by atoms with Crippen molar-refractivity contribution in [3.8, 4) is 0 Å². The van der Waals surface area contributed by atoms with Crippen molar-refractivity contribution in [3.63, 3.8) is 0 Å². The molecule has 1 heterocycles. The Morgan fingerprint density at radius 2 is 2.05 bits per heavy atom. The Morgan fingerprint density at radius 3 is 2.85 bits per heavy atom. The van der Waals surface area contributed by atoms with E-state index in [0.29, 0.717) is 12.1 Å². The number of unbranched alkanes of at least 4 members (excludes halogenated alkanes) is 1. The van der Waals surface area contributed by atoms with Gasteiger partial charge in [-0.05, 0) is 36.9 Å². The second kappa shape index (κ2) is 8.43. The molecule has 2 N–H and O–H groups in total. The molecule has 0 spiro atoms. The fourth-order valence-corrected chi connectivity index (χ4v) is 3.23. The van der Waals surface area contributed by atoms with Gasteiger partial charge in [0, 0.05) is 18.6 Å². The molecule has 0 fully saturated rings. The molecule has 0 saturated heterocycles. The van der Waals surface area contributed by atoms with E-state index in [0.717, 1.165) is 13.1 Å². The Morgan fingerprint density at radius 1 is 1.20 bits per heavy atom. The first kappa shape index (κ1) is 15.5. The van der Waals surface area contributed by atoms with E-state index in [1.165, 1.54) is 49.7 Å². The van der Waals surface area contributed by atoms with Gasteiger partial charge in [-0.1, -0.05) is 57.4 Å². The summed E-state index contributed by atoms with van der Waals surface area (Å²) in [4.78, 5) is 0. The number of benzene rings is 1. The summed E-state index contributed by atoms with van der Waals surface area (Å²) in [6, 6.07) is 10.1. The minimum Gasteiger partial charge on any atom is -0.313 e.